The van der Waals surface area contributed by atoms with Crippen molar-refractivity contribution in [2.75, 3.05) is 5.75 Å². The number of nitrogens with zero attached hydrogens (tertiary/aromatic N) is 2. The molecule has 4 nitrogen and oxygen atoms in total. The third kappa shape index (κ3) is 3.37. The second kappa shape index (κ2) is 5.80. The number of hydrogen-bond acceptors (Lipinski definition) is 3. The number of carbonyl (C=O) groups is 1. The highest BCUT2D eigenvalue weighted by molar-refractivity contribution is 7.99. The lowest BCUT2D eigenvalue weighted by Crippen LogP contribution is -2.21. The average molecular weight is 296 g/mol. The van der Waals surface area contributed by atoms with Crippen molar-refractivity contribution in [1.82, 2.24) is 9.55 Å². The number of hydrogen-bond donors (Lipinski definition) is 1. The van der Waals surface area contributed by atoms with Crippen LogP contribution in [-0.2, 0) is 10.2 Å². The first kappa shape index (κ1) is 15.4. The van der Waals surface area contributed by atoms with E-state index in [0.29, 0.717) is 6.04 Å². The lowest BCUT2D eigenvalue weighted by molar-refractivity contribution is -0.133. The number of carboxylic acid groups (broad SMARTS) is 1. The van der Waals surface area contributed by atoms with Crippen LogP contribution in [0.4, 0.5) is 0 Å². The van der Waals surface area contributed by atoms with Gasteiger partial charge in [-0.2, -0.15) is 0 Å². The van der Waals surface area contributed by atoms with E-state index in [2.05, 4.69) is 37.2 Å². The molecular formula is C15H24N2O2S. The topological polar surface area (TPSA) is 55.1 Å². The highest BCUT2D eigenvalue weighted by Crippen LogP contribution is 2.40. The van der Waals surface area contributed by atoms with Crippen molar-refractivity contribution in [2.24, 2.45) is 5.92 Å². The Morgan fingerprint density at radius 1 is 1.50 bits per heavy atom. The first-order valence-corrected chi connectivity index (χ1v) is 8.20. The number of imidazole rings is 1. The molecule has 1 aliphatic rings. The lowest BCUT2D eigenvalue weighted by atomic mass is 9.92. The van der Waals surface area contributed by atoms with Gasteiger partial charge in [0.2, 0.25) is 0 Å². The molecule has 0 spiro atoms. The number of carboxylic acids is 1. The van der Waals surface area contributed by atoms with Gasteiger partial charge < -0.3 is 9.67 Å². The van der Waals surface area contributed by atoms with Crippen LogP contribution in [0.1, 0.15) is 58.7 Å². The fourth-order valence-corrected chi connectivity index (χ4v) is 3.66. The summed E-state index contributed by atoms with van der Waals surface area (Å²) in [5.41, 5.74) is 1.24. The van der Waals surface area contributed by atoms with Crippen LogP contribution < -0.4 is 0 Å². The number of aliphatic carboxylic acids is 1. The normalized spacial score (nSPS) is 23.2. The minimum absolute atomic E-state index is 0.0286. The summed E-state index contributed by atoms with van der Waals surface area (Å²) < 4.78 is 2.30. The fraction of sp³-hybridized carbons (Fsp3) is 0.733. The van der Waals surface area contributed by atoms with Crippen LogP contribution in [0.2, 0.25) is 0 Å². The summed E-state index contributed by atoms with van der Waals surface area (Å²) in [5.74, 6) is 0.0252. The van der Waals surface area contributed by atoms with Crippen molar-refractivity contribution in [3.8, 4) is 0 Å². The predicted molar refractivity (Wildman–Crippen MR) is 81.3 cm³/mol. The summed E-state index contributed by atoms with van der Waals surface area (Å²) in [6, 6.07) is 0.470. The van der Waals surface area contributed by atoms with E-state index in [1.54, 1.807) is 0 Å². The molecule has 0 aliphatic heterocycles. The molecule has 1 aromatic heterocycles. The zero-order chi connectivity index (χ0) is 14.9. The van der Waals surface area contributed by atoms with Crippen molar-refractivity contribution in [3.05, 3.63) is 11.9 Å². The van der Waals surface area contributed by atoms with Gasteiger partial charge in [0.05, 0.1) is 5.75 Å². The Morgan fingerprint density at radius 2 is 2.20 bits per heavy atom. The minimum Gasteiger partial charge on any atom is -0.481 e. The molecular weight excluding hydrogens is 272 g/mol. The fourth-order valence-electron chi connectivity index (χ4n) is 2.90. The second-order valence-corrected chi connectivity index (χ2v) is 7.74. The molecule has 0 saturated heterocycles. The average Bonchev–Trinajstić information content (AvgIpc) is 2.90. The predicted octanol–water partition coefficient (Wildman–Crippen LogP) is 3.72. The lowest BCUT2D eigenvalue weighted by Gasteiger charge is -2.25. The Balaban J connectivity index is 2.32. The molecule has 1 heterocycles. The molecule has 0 bridgehead atoms. The van der Waals surface area contributed by atoms with E-state index in [1.165, 1.54) is 36.7 Å². The highest BCUT2D eigenvalue weighted by atomic mass is 32.2. The smallest absolute Gasteiger partial charge is 0.313 e. The highest BCUT2D eigenvalue weighted by Gasteiger charge is 2.30. The van der Waals surface area contributed by atoms with Crippen molar-refractivity contribution >= 4 is 17.7 Å². The van der Waals surface area contributed by atoms with Crippen LogP contribution in [0.3, 0.4) is 0 Å². The van der Waals surface area contributed by atoms with E-state index in [9.17, 15) is 4.79 Å². The quantitative estimate of drug-likeness (QED) is 0.860. The Labute approximate surface area is 125 Å². The maximum absolute atomic E-state index is 10.8. The minimum atomic E-state index is -0.790. The number of aromatic nitrogens is 2. The Kier molecular flexibility index (Phi) is 4.47. The molecule has 1 N–H and O–H groups in total. The Hall–Kier alpha value is -0.970. The summed E-state index contributed by atoms with van der Waals surface area (Å²) in [5, 5.41) is 9.74. The maximum Gasteiger partial charge on any atom is 0.313 e. The van der Waals surface area contributed by atoms with Gasteiger partial charge in [-0.1, -0.05) is 39.5 Å². The molecule has 2 atom stereocenters. The third-order valence-corrected chi connectivity index (χ3v) is 4.84. The van der Waals surface area contributed by atoms with Crippen LogP contribution >= 0.6 is 11.8 Å². The van der Waals surface area contributed by atoms with E-state index < -0.39 is 5.97 Å². The molecule has 20 heavy (non-hydrogen) atoms. The van der Waals surface area contributed by atoms with E-state index in [1.807, 2.05) is 6.20 Å². The zero-order valence-electron chi connectivity index (χ0n) is 12.7. The molecule has 5 heteroatoms. The molecule has 2 rings (SSSR count). The van der Waals surface area contributed by atoms with Gasteiger partial charge in [0.25, 0.3) is 0 Å². The van der Waals surface area contributed by atoms with Gasteiger partial charge >= 0.3 is 5.97 Å². The van der Waals surface area contributed by atoms with E-state index in [4.69, 9.17) is 5.11 Å². The first-order valence-electron chi connectivity index (χ1n) is 7.21. The molecule has 2 unspecified atom stereocenters. The van der Waals surface area contributed by atoms with E-state index >= 15 is 0 Å². The van der Waals surface area contributed by atoms with E-state index in [0.717, 1.165) is 11.1 Å². The largest absolute Gasteiger partial charge is 0.481 e. The summed E-state index contributed by atoms with van der Waals surface area (Å²) >= 11 is 1.33. The number of rotatable bonds is 4. The van der Waals surface area contributed by atoms with Crippen molar-refractivity contribution < 1.29 is 9.90 Å². The molecule has 1 fully saturated rings. The monoisotopic (exact) mass is 296 g/mol. The van der Waals surface area contributed by atoms with Gasteiger partial charge in [0.1, 0.15) is 0 Å². The zero-order valence-corrected chi connectivity index (χ0v) is 13.5. The van der Waals surface area contributed by atoms with Gasteiger partial charge in [-0.25, -0.2) is 4.98 Å². The van der Waals surface area contributed by atoms with Gasteiger partial charge in [0, 0.05) is 23.3 Å². The first-order chi connectivity index (χ1) is 9.29. The summed E-state index contributed by atoms with van der Waals surface area (Å²) in [6.07, 6.45) is 5.50. The van der Waals surface area contributed by atoms with E-state index in [-0.39, 0.29) is 11.2 Å². The summed E-state index contributed by atoms with van der Waals surface area (Å²) in [7, 11) is 0. The standard InChI is InChI=1S/C15H24N2O2S/c1-10-5-6-11(7-10)17-12(15(2,3)4)8-16-14(17)20-9-13(18)19/h8,10-11H,5-7,9H2,1-4H3,(H,18,19). The Bertz CT molecular complexity index is 491. The molecule has 1 aromatic rings. The van der Waals surface area contributed by atoms with Gasteiger partial charge in [-0.15, -0.1) is 0 Å². The summed E-state index contributed by atoms with van der Waals surface area (Å²) in [4.78, 5) is 15.3. The maximum atomic E-state index is 10.8. The SMILES string of the molecule is CC1CCC(n2c(C(C)(C)C)cnc2SCC(=O)O)C1. The van der Waals surface area contributed by atoms with Crippen LogP contribution in [0.25, 0.3) is 0 Å². The van der Waals surface area contributed by atoms with Crippen molar-refractivity contribution in [2.45, 2.75) is 63.6 Å². The third-order valence-electron chi connectivity index (χ3n) is 3.89. The van der Waals surface area contributed by atoms with Crippen molar-refractivity contribution in [3.63, 3.8) is 0 Å². The second-order valence-electron chi connectivity index (χ2n) is 6.80. The van der Waals surface area contributed by atoms with Gasteiger partial charge in [-0.05, 0) is 25.2 Å². The van der Waals surface area contributed by atoms with Crippen molar-refractivity contribution in [1.29, 1.82) is 0 Å². The molecule has 1 aliphatic carbocycles. The van der Waals surface area contributed by atoms with Gasteiger partial charge in [-0.3, -0.25) is 4.79 Å². The van der Waals surface area contributed by atoms with Crippen LogP contribution in [0.15, 0.2) is 11.4 Å². The Morgan fingerprint density at radius 3 is 2.70 bits per heavy atom. The molecule has 0 radical (unpaired) electrons. The van der Waals surface area contributed by atoms with Crippen LogP contribution in [0, 0.1) is 5.92 Å². The molecule has 1 saturated carbocycles. The molecule has 112 valence electrons. The van der Waals surface area contributed by atoms with Crippen LogP contribution in [0.5, 0.6) is 0 Å². The van der Waals surface area contributed by atoms with Gasteiger partial charge in [0.15, 0.2) is 5.16 Å². The molecule has 0 amide bonds. The molecule has 0 aromatic carbocycles. The summed E-state index contributed by atoms with van der Waals surface area (Å²) in [6.45, 7) is 8.84. The van der Waals surface area contributed by atoms with Crippen LogP contribution in [-0.4, -0.2) is 26.4 Å². The number of thioether (sulfide) groups is 1.